The predicted molar refractivity (Wildman–Crippen MR) is 93.0 cm³/mol. The third-order valence-corrected chi connectivity index (χ3v) is 6.85. The van der Waals surface area contributed by atoms with Crippen LogP contribution >= 0.6 is 0 Å². The Morgan fingerprint density at radius 3 is 2.08 bits per heavy atom. The molecule has 0 aliphatic carbocycles. The Labute approximate surface area is 152 Å². The van der Waals surface area contributed by atoms with E-state index in [0.29, 0.717) is 13.1 Å². The van der Waals surface area contributed by atoms with Gasteiger partial charge >= 0.3 is 5.91 Å². The molecular formula is C15H19N3O6S2. The van der Waals surface area contributed by atoms with Crippen LogP contribution in [0.25, 0.3) is 0 Å². The van der Waals surface area contributed by atoms with Crippen LogP contribution in [0.5, 0.6) is 0 Å². The van der Waals surface area contributed by atoms with E-state index in [1.54, 1.807) is 13.8 Å². The second kappa shape index (κ2) is 7.99. The number of carbonyl (C=O) groups is 1. The molecule has 26 heavy (non-hydrogen) atoms. The van der Waals surface area contributed by atoms with Gasteiger partial charge in [-0.3, -0.25) is 10.2 Å². The zero-order valence-electron chi connectivity index (χ0n) is 14.2. The van der Waals surface area contributed by atoms with E-state index < -0.39 is 26.0 Å². The molecule has 0 saturated carbocycles. The Hall–Kier alpha value is -2.21. The molecule has 9 nitrogen and oxygen atoms in total. The Balaban J connectivity index is 2.15. The monoisotopic (exact) mass is 401 g/mol. The summed E-state index contributed by atoms with van der Waals surface area (Å²) in [4.78, 5) is 13.4. The fourth-order valence-corrected chi connectivity index (χ4v) is 4.44. The number of hydrogen-bond donors (Lipinski definition) is 2. The van der Waals surface area contributed by atoms with E-state index in [0.717, 1.165) is 12.1 Å². The first-order valence-corrected chi connectivity index (χ1v) is 10.6. The van der Waals surface area contributed by atoms with E-state index in [-0.39, 0.29) is 15.6 Å². The maximum Gasteiger partial charge on any atom is 0.301 e. The summed E-state index contributed by atoms with van der Waals surface area (Å²) in [5.41, 5.74) is 2.01. The van der Waals surface area contributed by atoms with Crippen LogP contribution < -0.4 is 10.3 Å². The number of hydrogen-bond acceptors (Lipinski definition) is 6. The number of furan rings is 1. The largest absolute Gasteiger partial charge is 0.459 e. The first kappa shape index (κ1) is 20.1. The Morgan fingerprint density at radius 1 is 1.00 bits per heavy atom. The Morgan fingerprint density at radius 2 is 1.58 bits per heavy atom. The number of nitrogens with one attached hydrogen (secondary N) is 2. The van der Waals surface area contributed by atoms with Gasteiger partial charge in [0.1, 0.15) is 0 Å². The number of rotatable bonds is 8. The minimum Gasteiger partial charge on any atom is -0.459 e. The van der Waals surface area contributed by atoms with Gasteiger partial charge in [0.05, 0.1) is 16.1 Å². The van der Waals surface area contributed by atoms with Crippen LogP contribution in [0, 0.1) is 0 Å². The first-order valence-electron chi connectivity index (χ1n) is 7.68. The highest BCUT2D eigenvalue weighted by Crippen LogP contribution is 2.18. The quantitative estimate of drug-likeness (QED) is 0.634. The number of amides is 1. The lowest BCUT2D eigenvalue weighted by atomic mass is 10.4. The topological polar surface area (TPSA) is 126 Å². The number of benzene rings is 1. The summed E-state index contributed by atoms with van der Waals surface area (Å²) >= 11 is 0. The highest BCUT2D eigenvalue weighted by Gasteiger charge is 2.23. The smallest absolute Gasteiger partial charge is 0.301 e. The van der Waals surface area contributed by atoms with Crippen LogP contribution in [-0.2, 0) is 20.0 Å². The van der Waals surface area contributed by atoms with Crippen LogP contribution in [0.3, 0.4) is 0 Å². The van der Waals surface area contributed by atoms with Gasteiger partial charge in [0.15, 0.2) is 5.76 Å². The molecular weight excluding hydrogens is 382 g/mol. The fraction of sp³-hybridized carbons (Fsp3) is 0.267. The van der Waals surface area contributed by atoms with Gasteiger partial charge in [-0.05, 0) is 36.4 Å². The molecule has 0 atom stereocenters. The molecule has 0 fully saturated rings. The van der Waals surface area contributed by atoms with Crippen LogP contribution in [-0.4, -0.2) is 40.1 Å². The molecule has 1 aromatic heterocycles. The van der Waals surface area contributed by atoms with Crippen molar-refractivity contribution in [3.8, 4) is 0 Å². The van der Waals surface area contributed by atoms with E-state index in [4.69, 9.17) is 4.42 Å². The van der Waals surface area contributed by atoms with Gasteiger partial charge in [-0.2, -0.15) is 4.31 Å². The van der Waals surface area contributed by atoms with Crippen LogP contribution in [0.4, 0.5) is 0 Å². The van der Waals surface area contributed by atoms with Gasteiger partial charge in [0, 0.05) is 13.1 Å². The van der Waals surface area contributed by atoms with Crippen molar-refractivity contribution in [3.05, 3.63) is 48.4 Å². The number of carbonyl (C=O) groups excluding carboxylic acids is 1. The summed E-state index contributed by atoms with van der Waals surface area (Å²) in [5.74, 6) is -0.826. The highest BCUT2D eigenvalue weighted by atomic mass is 32.2. The van der Waals surface area contributed by atoms with E-state index in [2.05, 4.69) is 0 Å². The molecule has 0 aliphatic heterocycles. The molecule has 2 aromatic rings. The second-order valence-corrected chi connectivity index (χ2v) is 8.72. The van der Waals surface area contributed by atoms with Crippen molar-refractivity contribution in [2.24, 2.45) is 0 Å². The van der Waals surface area contributed by atoms with E-state index in [9.17, 15) is 21.6 Å². The average molecular weight is 401 g/mol. The Kier molecular flexibility index (Phi) is 6.18. The van der Waals surface area contributed by atoms with Crippen molar-refractivity contribution in [1.82, 2.24) is 14.6 Å². The molecule has 2 rings (SSSR count). The molecule has 2 N–H and O–H groups in total. The molecule has 0 spiro atoms. The van der Waals surface area contributed by atoms with Gasteiger partial charge in [0.25, 0.3) is 10.0 Å². The van der Waals surface area contributed by atoms with Gasteiger partial charge in [-0.25, -0.2) is 16.8 Å². The van der Waals surface area contributed by atoms with Gasteiger partial charge < -0.3 is 4.42 Å². The third-order valence-electron chi connectivity index (χ3n) is 3.52. The minimum atomic E-state index is -4.07. The Bertz CT molecular complexity index is 947. The SMILES string of the molecule is CCN(CC)S(=O)(=O)c1ccc(S(=O)(=O)NNC(=O)c2ccco2)cc1. The van der Waals surface area contributed by atoms with Crippen molar-refractivity contribution >= 4 is 26.0 Å². The predicted octanol–water partition coefficient (Wildman–Crippen LogP) is 0.933. The second-order valence-electron chi connectivity index (χ2n) is 5.10. The zero-order valence-corrected chi connectivity index (χ0v) is 15.8. The van der Waals surface area contributed by atoms with Crippen molar-refractivity contribution in [3.63, 3.8) is 0 Å². The molecule has 0 bridgehead atoms. The highest BCUT2D eigenvalue weighted by molar-refractivity contribution is 7.89. The van der Waals surface area contributed by atoms with Crippen molar-refractivity contribution in [1.29, 1.82) is 0 Å². The minimum absolute atomic E-state index is 0.0141. The fourth-order valence-electron chi connectivity index (χ4n) is 2.15. The summed E-state index contributed by atoms with van der Waals surface area (Å²) in [7, 11) is -7.75. The van der Waals surface area contributed by atoms with E-state index >= 15 is 0 Å². The maximum atomic E-state index is 12.4. The summed E-state index contributed by atoms with van der Waals surface area (Å²) in [6.07, 6.45) is 1.28. The molecule has 0 saturated heterocycles. The molecule has 11 heteroatoms. The molecule has 0 radical (unpaired) electrons. The first-order chi connectivity index (χ1) is 12.2. The van der Waals surface area contributed by atoms with Gasteiger partial charge in [0.2, 0.25) is 10.0 Å². The zero-order chi connectivity index (χ0) is 19.4. The summed E-state index contributed by atoms with van der Waals surface area (Å²) in [6.45, 7) is 4.04. The lowest BCUT2D eigenvalue weighted by molar-refractivity contribution is 0.0917. The van der Waals surface area contributed by atoms with Crippen molar-refractivity contribution in [2.45, 2.75) is 23.6 Å². The third kappa shape index (κ3) is 4.30. The van der Waals surface area contributed by atoms with Crippen LogP contribution in [0.1, 0.15) is 24.4 Å². The maximum absolute atomic E-state index is 12.4. The normalized spacial score (nSPS) is 12.3. The standard InChI is InChI=1S/C15H19N3O6S2/c1-3-18(4-2)26(22,23)13-9-7-12(8-10-13)25(20,21)17-16-15(19)14-6-5-11-24-14/h5-11,17H,3-4H2,1-2H3,(H,16,19). The lowest BCUT2D eigenvalue weighted by Crippen LogP contribution is -2.41. The number of nitrogens with zero attached hydrogens (tertiary/aromatic N) is 1. The molecule has 0 aliphatic rings. The van der Waals surface area contributed by atoms with Crippen LogP contribution in [0.15, 0.2) is 56.9 Å². The number of hydrazine groups is 1. The summed E-state index contributed by atoms with van der Waals surface area (Å²) in [5, 5.41) is 0. The molecule has 142 valence electrons. The molecule has 1 aromatic carbocycles. The van der Waals surface area contributed by atoms with E-state index in [1.807, 2.05) is 10.3 Å². The summed E-state index contributed by atoms with van der Waals surface area (Å²) < 4.78 is 55.3. The molecule has 1 amide bonds. The van der Waals surface area contributed by atoms with Crippen LogP contribution in [0.2, 0.25) is 0 Å². The van der Waals surface area contributed by atoms with Crippen molar-refractivity contribution in [2.75, 3.05) is 13.1 Å². The van der Waals surface area contributed by atoms with Gasteiger partial charge in [-0.1, -0.05) is 13.8 Å². The number of sulfonamides is 2. The lowest BCUT2D eigenvalue weighted by Gasteiger charge is -2.18. The summed E-state index contributed by atoms with van der Waals surface area (Å²) in [6, 6.07) is 7.57. The average Bonchev–Trinajstić information content (AvgIpc) is 3.15. The van der Waals surface area contributed by atoms with Gasteiger partial charge in [-0.15, -0.1) is 4.83 Å². The molecule has 0 unspecified atom stereocenters. The van der Waals surface area contributed by atoms with E-state index in [1.165, 1.54) is 34.8 Å². The van der Waals surface area contributed by atoms with Crippen molar-refractivity contribution < 1.29 is 26.0 Å². The molecule has 1 heterocycles.